The molecule has 3 N–H and O–H groups in total. The molecule has 0 radical (unpaired) electrons. The number of nitrogens with two attached hydrogens (primary N) is 1. The SMILES string of the molecule is CCCCCS(=O)(=O)NCCCS(N)(=O)=O. The molecular formula is C8H20N2O4S2. The summed E-state index contributed by atoms with van der Waals surface area (Å²) in [6.07, 6.45) is 2.66. The van der Waals surface area contributed by atoms with Gasteiger partial charge >= 0.3 is 0 Å². The fourth-order valence-corrected chi connectivity index (χ4v) is 2.85. The van der Waals surface area contributed by atoms with Gasteiger partial charge in [-0.2, -0.15) is 0 Å². The zero-order chi connectivity index (χ0) is 12.7. The maximum atomic E-state index is 11.3. The number of rotatable bonds is 9. The fraction of sp³-hybridized carbons (Fsp3) is 1.00. The average Bonchev–Trinajstić information content (AvgIpc) is 2.11. The second-order valence-corrected chi connectivity index (χ2v) is 7.30. The molecule has 8 heteroatoms. The van der Waals surface area contributed by atoms with E-state index in [0.29, 0.717) is 6.42 Å². The number of unbranched alkanes of at least 4 members (excludes halogenated alkanes) is 2. The number of nitrogens with one attached hydrogen (secondary N) is 1. The van der Waals surface area contributed by atoms with Crippen molar-refractivity contribution in [3.8, 4) is 0 Å². The minimum atomic E-state index is -3.50. The van der Waals surface area contributed by atoms with E-state index in [4.69, 9.17) is 5.14 Å². The first-order chi connectivity index (χ1) is 7.27. The van der Waals surface area contributed by atoms with Gasteiger partial charge in [0.1, 0.15) is 0 Å². The summed E-state index contributed by atoms with van der Waals surface area (Å²) >= 11 is 0. The monoisotopic (exact) mass is 272 g/mol. The van der Waals surface area contributed by atoms with Crippen molar-refractivity contribution in [2.75, 3.05) is 18.1 Å². The Balaban J connectivity index is 3.75. The topological polar surface area (TPSA) is 106 Å². The highest BCUT2D eigenvalue weighted by molar-refractivity contribution is 7.89. The van der Waals surface area contributed by atoms with Crippen LogP contribution in [-0.4, -0.2) is 34.9 Å². The average molecular weight is 272 g/mol. The molecule has 0 unspecified atom stereocenters. The van der Waals surface area contributed by atoms with Gasteiger partial charge in [0.15, 0.2) is 0 Å². The quantitative estimate of drug-likeness (QED) is 0.566. The highest BCUT2D eigenvalue weighted by atomic mass is 32.2. The number of hydrogen-bond acceptors (Lipinski definition) is 4. The molecule has 0 heterocycles. The van der Waals surface area contributed by atoms with E-state index in [2.05, 4.69) is 4.72 Å². The smallest absolute Gasteiger partial charge is 0.211 e. The molecule has 0 aliphatic carbocycles. The van der Waals surface area contributed by atoms with Gasteiger partial charge in [0.05, 0.1) is 11.5 Å². The van der Waals surface area contributed by atoms with E-state index in [0.717, 1.165) is 12.8 Å². The Morgan fingerprint density at radius 2 is 1.62 bits per heavy atom. The van der Waals surface area contributed by atoms with Crippen LogP contribution in [0.2, 0.25) is 0 Å². The van der Waals surface area contributed by atoms with Crippen molar-refractivity contribution in [1.82, 2.24) is 4.72 Å². The molecule has 0 rings (SSSR count). The lowest BCUT2D eigenvalue weighted by atomic mass is 10.3. The third-order valence-electron chi connectivity index (χ3n) is 1.94. The summed E-state index contributed by atoms with van der Waals surface area (Å²) < 4.78 is 46.2. The minimum absolute atomic E-state index is 0.0935. The first-order valence-electron chi connectivity index (χ1n) is 5.24. The van der Waals surface area contributed by atoms with E-state index >= 15 is 0 Å². The Bertz CT molecular complexity index is 375. The fourth-order valence-electron chi connectivity index (χ4n) is 1.12. The van der Waals surface area contributed by atoms with Crippen LogP contribution in [0.4, 0.5) is 0 Å². The molecule has 0 fully saturated rings. The van der Waals surface area contributed by atoms with Crippen LogP contribution in [0.15, 0.2) is 0 Å². The Morgan fingerprint density at radius 1 is 1.00 bits per heavy atom. The first-order valence-corrected chi connectivity index (χ1v) is 8.61. The lowest BCUT2D eigenvalue weighted by Crippen LogP contribution is -2.29. The zero-order valence-electron chi connectivity index (χ0n) is 9.48. The van der Waals surface area contributed by atoms with E-state index in [1.165, 1.54) is 0 Å². The van der Waals surface area contributed by atoms with E-state index in [9.17, 15) is 16.8 Å². The van der Waals surface area contributed by atoms with Gasteiger partial charge in [-0.1, -0.05) is 19.8 Å². The molecule has 6 nitrogen and oxygen atoms in total. The molecule has 0 aromatic rings. The van der Waals surface area contributed by atoms with E-state index in [-0.39, 0.29) is 24.5 Å². The summed E-state index contributed by atoms with van der Waals surface area (Å²) in [5, 5.41) is 4.78. The van der Waals surface area contributed by atoms with Gasteiger partial charge < -0.3 is 0 Å². The third-order valence-corrected chi connectivity index (χ3v) is 4.27. The van der Waals surface area contributed by atoms with Crippen LogP contribution in [0, 0.1) is 0 Å². The summed E-state index contributed by atoms with van der Waals surface area (Å²) in [7, 11) is -6.75. The van der Waals surface area contributed by atoms with E-state index < -0.39 is 20.0 Å². The summed E-state index contributed by atoms with van der Waals surface area (Å²) in [6, 6.07) is 0. The minimum Gasteiger partial charge on any atom is -0.229 e. The third kappa shape index (κ3) is 10.3. The first kappa shape index (κ1) is 15.8. The number of sulfonamides is 2. The van der Waals surface area contributed by atoms with E-state index in [1.54, 1.807) is 0 Å². The van der Waals surface area contributed by atoms with Gasteiger partial charge in [-0.3, -0.25) is 0 Å². The standard InChI is InChI=1S/C8H20N2O4S2/c1-2-3-4-8-16(13,14)10-6-5-7-15(9,11)12/h10H,2-8H2,1H3,(H2,9,11,12). The summed E-state index contributed by atoms with van der Waals surface area (Å²) in [5.74, 6) is -0.110. The molecule has 0 aliphatic rings. The Hall–Kier alpha value is -0.180. The van der Waals surface area contributed by atoms with Crippen molar-refractivity contribution in [3.05, 3.63) is 0 Å². The zero-order valence-corrected chi connectivity index (χ0v) is 11.1. The molecule has 0 saturated heterocycles. The van der Waals surface area contributed by atoms with Gasteiger partial charge in [-0.15, -0.1) is 0 Å². The highest BCUT2D eigenvalue weighted by Gasteiger charge is 2.09. The van der Waals surface area contributed by atoms with Crippen LogP contribution in [-0.2, 0) is 20.0 Å². The predicted octanol–water partition coefficient (Wildman–Crippen LogP) is -0.225. The molecule has 0 spiro atoms. The van der Waals surface area contributed by atoms with Crippen LogP contribution in [0.1, 0.15) is 32.6 Å². The van der Waals surface area contributed by atoms with Crippen LogP contribution >= 0.6 is 0 Å². The van der Waals surface area contributed by atoms with Crippen LogP contribution in [0.25, 0.3) is 0 Å². The van der Waals surface area contributed by atoms with Crippen LogP contribution in [0.3, 0.4) is 0 Å². The normalized spacial score (nSPS) is 12.9. The maximum Gasteiger partial charge on any atom is 0.211 e. The van der Waals surface area contributed by atoms with Gasteiger partial charge in [0.25, 0.3) is 0 Å². The number of primary sulfonamides is 1. The van der Waals surface area contributed by atoms with Crippen molar-refractivity contribution < 1.29 is 16.8 Å². The second-order valence-electron chi connectivity index (χ2n) is 3.64. The predicted molar refractivity (Wildman–Crippen MR) is 63.9 cm³/mol. The molecule has 0 amide bonds. The van der Waals surface area contributed by atoms with Crippen molar-refractivity contribution in [2.24, 2.45) is 5.14 Å². The summed E-state index contributed by atoms with van der Waals surface area (Å²) in [5.41, 5.74) is 0. The van der Waals surface area contributed by atoms with Crippen molar-refractivity contribution in [2.45, 2.75) is 32.6 Å². The molecule has 16 heavy (non-hydrogen) atoms. The van der Waals surface area contributed by atoms with E-state index in [1.807, 2.05) is 6.92 Å². The second kappa shape index (κ2) is 7.21. The maximum absolute atomic E-state index is 11.3. The molecular weight excluding hydrogens is 252 g/mol. The molecule has 0 saturated carbocycles. The lowest BCUT2D eigenvalue weighted by Gasteiger charge is -2.05. The van der Waals surface area contributed by atoms with Crippen molar-refractivity contribution in [1.29, 1.82) is 0 Å². The molecule has 0 aromatic heterocycles. The molecule has 0 aromatic carbocycles. The Kier molecular flexibility index (Phi) is 7.12. The van der Waals surface area contributed by atoms with Gasteiger partial charge in [-0.25, -0.2) is 26.7 Å². The van der Waals surface area contributed by atoms with Gasteiger partial charge in [-0.05, 0) is 12.8 Å². The highest BCUT2D eigenvalue weighted by Crippen LogP contribution is 1.97. The largest absolute Gasteiger partial charge is 0.229 e. The van der Waals surface area contributed by atoms with Gasteiger partial charge in [0, 0.05) is 6.54 Å². The Morgan fingerprint density at radius 3 is 2.12 bits per heavy atom. The molecule has 0 aliphatic heterocycles. The Labute approximate surface area is 97.7 Å². The van der Waals surface area contributed by atoms with Crippen LogP contribution < -0.4 is 9.86 Å². The number of hydrogen-bond donors (Lipinski definition) is 2. The lowest BCUT2D eigenvalue weighted by molar-refractivity contribution is 0.572. The van der Waals surface area contributed by atoms with Crippen molar-refractivity contribution in [3.63, 3.8) is 0 Å². The summed E-state index contributed by atoms with van der Waals surface area (Å²) in [6.45, 7) is 2.11. The summed E-state index contributed by atoms with van der Waals surface area (Å²) in [4.78, 5) is 0. The van der Waals surface area contributed by atoms with Gasteiger partial charge in [0.2, 0.25) is 20.0 Å². The molecule has 0 bridgehead atoms. The molecule has 0 atom stereocenters. The molecule has 98 valence electrons. The van der Waals surface area contributed by atoms with Crippen LogP contribution in [0.5, 0.6) is 0 Å². The van der Waals surface area contributed by atoms with Crippen molar-refractivity contribution >= 4 is 20.0 Å².